The molecule has 6 heteroatoms. The summed E-state index contributed by atoms with van der Waals surface area (Å²) in [6, 6.07) is 25.5. The summed E-state index contributed by atoms with van der Waals surface area (Å²) >= 11 is 0. The zero-order valence-electron chi connectivity index (χ0n) is 22.1. The number of hydrogen-bond donors (Lipinski definition) is 0. The lowest BCUT2D eigenvalue weighted by Gasteiger charge is -2.41. The van der Waals surface area contributed by atoms with Gasteiger partial charge < -0.3 is 4.90 Å². The van der Waals surface area contributed by atoms with Crippen LogP contribution in [-0.2, 0) is 5.41 Å². The van der Waals surface area contributed by atoms with Gasteiger partial charge in [-0.2, -0.15) is 0 Å². The van der Waals surface area contributed by atoms with Crippen LogP contribution < -0.4 is 4.90 Å². The van der Waals surface area contributed by atoms with Crippen molar-refractivity contribution in [2.24, 2.45) is 0 Å². The minimum absolute atomic E-state index is 0.127. The maximum Gasteiger partial charge on any atom is 0.0989 e. The highest BCUT2D eigenvalue weighted by atomic mass is 15.2. The number of hydrogen-bond acceptors (Lipinski definition) is 6. The molecule has 8 rings (SSSR count). The van der Waals surface area contributed by atoms with E-state index in [1.165, 1.54) is 11.1 Å². The first-order chi connectivity index (χ1) is 19.6. The standard InChI is InChI=1S/C34H24N6/c1-34(2)26-9-3-5-11-28(26)40(29-12-6-4-10-27(29)34)23-17-25-31-30(36-14-15-37-31)24-16-22(21-8-7-13-35-18-21)19-38-32(24)33(25)39-20-23/h3-20H,1-2H3. The highest BCUT2D eigenvalue weighted by Gasteiger charge is 2.36. The molecule has 1 aliphatic heterocycles. The predicted molar refractivity (Wildman–Crippen MR) is 160 cm³/mol. The summed E-state index contributed by atoms with van der Waals surface area (Å²) in [6.07, 6.45) is 10.9. The predicted octanol–water partition coefficient (Wildman–Crippen LogP) is 7.90. The molecule has 0 aliphatic carbocycles. The van der Waals surface area contributed by atoms with Gasteiger partial charge in [-0.25, -0.2) is 0 Å². The SMILES string of the molecule is CC1(C)c2ccccc2N(c2cnc3c(c2)c2nccnc2c2cc(-c4cccnc4)cnc23)c2ccccc21. The van der Waals surface area contributed by atoms with Gasteiger partial charge in [0.25, 0.3) is 0 Å². The van der Waals surface area contributed by atoms with Crippen LogP contribution in [0.4, 0.5) is 17.1 Å². The minimum Gasteiger partial charge on any atom is -0.308 e. The second-order valence-electron chi connectivity index (χ2n) is 10.7. The van der Waals surface area contributed by atoms with E-state index in [1.54, 1.807) is 18.6 Å². The van der Waals surface area contributed by atoms with Crippen molar-refractivity contribution < 1.29 is 0 Å². The zero-order chi connectivity index (χ0) is 26.8. The van der Waals surface area contributed by atoms with Crippen molar-refractivity contribution in [3.05, 3.63) is 121 Å². The van der Waals surface area contributed by atoms with E-state index in [9.17, 15) is 0 Å². The van der Waals surface area contributed by atoms with Gasteiger partial charge in [-0.1, -0.05) is 56.3 Å². The molecule has 0 N–H and O–H groups in total. The van der Waals surface area contributed by atoms with Crippen molar-refractivity contribution in [2.45, 2.75) is 19.3 Å². The summed E-state index contributed by atoms with van der Waals surface area (Å²) in [7, 11) is 0. The Morgan fingerprint density at radius 1 is 0.550 bits per heavy atom. The van der Waals surface area contributed by atoms with E-state index in [0.717, 1.165) is 61.0 Å². The molecule has 0 saturated carbocycles. The van der Waals surface area contributed by atoms with Crippen LogP contribution >= 0.6 is 0 Å². The van der Waals surface area contributed by atoms with Crippen molar-refractivity contribution in [1.29, 1.82) is 0 Å². The summed E-state index contributed by atoms with van der Waals surface area (Å²) < 4.78 is 0. The number of fused-ring (bicyclic) bond motifs is 8. The van der Waals surface area contributed by atoms with Crippen LogP contribution in [0.25, 0.3) is 44.0 Å². The first-order valence-corrected chi connectivity index (χ1v) is 13.3. The second kappa shape index (κ2) is 8.38. The van der Waals surface area contributed by atoms with Gasteiger partial charge in [0, 0.05) is 58.3 Å². The highest BCUT2D eigenvalue weighted by molar-refractivity contribution is 6.21. The van der Waals surface area contributed by atoms with E-state index in [4.69, 9.17) is 19.9 Å². The average molecular weight is 517 g/mol. The summed E-state index contributed by atoms with van der Waals surface area (Å²) in [5.74, 6) is 0. The first-order valence-electron chi connectivity index (χ1n) is 13.3. The largest absolute Gasteiger partial charge is 0.308 e. The molecule has 0 unspecified atom stereocenters. The van der Waals surface area contributed by atoms with Gasteiger partial charge in [0.05, 0.1) is 45.3 Å². The van der Waals surface area contributed by atoms with Crippen LogP contribution in [0, 0.1) is 0 Å². The van der Waals surface area contributed by atoms with Gasteiger partial charge in [-0.05, 0) is 41.5 Å². The number of nitrogens with zero attached hydrogens (tertiary/aromatic N) is 6. The second-order valence-corrected chi connectivity index (χ2v) is 10.7. The Labute approximate surface area is 231 Å². The summed E-state index contributed by atoms with van der Waals surface area (Å²) in [6.45, 7) is 4.59. The first kappa shape index (κ1) is 22.7. The Bertz CT molecular complexity index is 2030. The van der Waals surface area contributed by atoms with Crippen LogP contribution in [0.5, 0.6) is 0 Å². The molecule has 0 spiro atoms. The van der Waals surface area contributed by atoms with E-state index in [1.807, 2.05) is 30.7 Å². The lowest BCUT2D eigenvalue weighted by Crippen LogP contribution is -2.30. The third kappa shape index (κ3) is 3.19. The molecule has 0 bridgehead atoms. The number of rotatable bonds is 2. The molecule has 4 aromatic heterocycles. The zero-order valence-corrected chi connectivity index (χ0v) is 22.1. The third-order valence-corrected chi connectivity index (χ3v) is 8.08. The van der Waals surface area contributed by atoms with Crippen LogP contribution in [0.15, 0.2) is 110 Å². The van der Waals surface area contributed by atoms with Gasteiger partial charge >= 0.3 is 0 Å². The van der Waals surface area contributed by atoms with Crippen molar-refractivity contribution in [1.82, 2.24) is 24.9 Å². The van der Waals surface area contributed by atoms with Crippen molar-refractivity contribution in [3.63, 3.8) is 0 Å². The molecule has 6 nitrogen and oxygen atoms in total. The normalized spacial score (nSPS) is 13.9. The van der Waals surface area contributed by atoms with Gasteiger partial charge in [-0.15, -0.1) is 0 Å². The van der Waals surface area contributed by atoms with E-state index in [2.05, 4.69) is 84.4 Å². The molecule has 190 valence electrons. The van der Waals surface area contributed by atoms with Crippen LogP contribution in [-0.4, -0.2) is 24.9 Å². The molecule has 0 saturated heterocycles. The number of anilines is 3. The maximum atomic E-state index is 5.03. The molecular weight excluding hydrogens is 492 g/mol. The fourth-order valence-corrected chi connectivity index (χ4v) is 6.15. The van der Waals surface area contributed by atoms with Crippen molar-refractivity contribution in [3.8, 4) is 11.1 Å². The monoisotopic (exact) mass is 516 g/mol. The molecule has 3 aromatic carbocycles. The molecule has 0 fully saturated rings. The molecular formula is C34H24N6. The molecule has 5 heterocycles. The Kier molecular flexibility index (Phi) is 4.76. The molecule has 7 aromatic rings. The molecule has 1 aliphatic rings. The Morgan fingerprint density at radius 3 is 1.80 bits per heavy atom. The number of benzene rings is 3. The summed E-state index contributed by atoms with van der Waals surface area (Å²) in [5.41, 5.74) is 10.9. The molecule has 0 radical (unpaired) electrons. The van der Waals surface area contributed by atoms with Crippen molar-refractivity contribution >= 4 is 49.9 Å². The lowest BCUT2D eigenvalue weighted by atomic mass is 9.73. The lowest BCUT2D eigenvalue weighted by molar-refractivity contribution is 0.632. The minimum atomic E-state index is -0.127. The highest BCUT2D eigenvalue weighted by Crippen LogP contribution is 2.51. The number of pyridine rings is 3. The van der Waals surface area contributed by atoms with Crippen LogP contribution in [0.3, 0.4) is 0 Å². The van der Waals surface area contributed by atoms with E-state index >= 15 is 0 Å². The average Bonchev–Trinajstić information content (AvgIpc) is 3.01. The quantitative estimate of drug-likeness (QED) is 0.218. The fraction of sp³-hybridized carbons (Fsp3) is 0.0882. The topological polar surface area (TPSA) is 67.7 Å². The number of para-hydroxylation sites is 2. The molecule has 0 amide bonds. The van der Waals surface area contributed by atoms with E-state index in [-0.39, 0.29) is 5.41 Å². The number of aromatic nitrogens is 5. The Hall–Kier alpha value is -5.23. The van der Waals surface area contributed by atoms with E-state index < -0.39 is 0 Å². The summed E-state index contributed by atoms with van der Waals surface area (Å²) in [4.78, 5) is 26.1. The van der Waals surface area contributed by atoms with Gasteiger partial charge in [0.1, 0.15) is 0 Å². The Balaban J connectivity index is 1.40. The van der Waals surface area contributed by atoms with Crippen LogP contribution in [0.2, 0.25) is 0 Å². The van der Waals surface area contributed by atoms with E-state index in [0.29, 0.717) is 0 Å². The van der Waals surface area contributed by atoms with Gasteiger partial charge in [0.15, 0.2) is 0 Å². The van der Waals surface area contributed by atoms with Crippen LogP contribution in [0.1, 0.15) is 25.0 Å². The fourth-order valence-electron chi connectivity index (χ4n) is 6.15. The Morgan fingerprint density at radius 2 is 1.15 bits per heavy atom. The smallest absolute Gasteiger partial charge is 0.0989 e. The van der Waals surface area contributed by atoms with Gasteiger partial charge in [0.2, 0.25) is 0 Å². The summed E-state index contributed by atoms with van der Waals surface area (Å²) in [5, 5.41) is 1.85. The molecule has 0 atom stereocenters. The maximum absolute atomic E-state index is 5.03. The molecule has 40 heavy (non-hydrogen) atoms. The van der Waals surface area contributed by atoms with Crippen molar-refractivity contribution in [2.75, 3.05) is 4.90 Å². The van der Waals surface area contributed by atoms with Gasteiger partial charge in [-0.3, -0.25) is 24.9 Å². The third-order valence-electron chi connectivity index (χ3n) is 8.08.